The number of aromatic amines is 1. The molecule has 1 aromatic heterocycles. The van der Waals surface area contributed by atoms with Crippen LogP contribution in [-0.4, -0.2) is 40.7 Å². The summed E-state index contributed by atoms with van der Waals surface area (Å²) in [5, 5.41) is 21.6. The molecule has 0 aliphatic carbocycles. The molecule has 4 N–H and O–H groups in total. The number of anilines is 1. The number of aliphatic hydroxyl groups is 2. The van der Waals surface area contributed by atoms with Crippen molar-refractivity contribution >= 4 is 28.2 Å². The monoisotopic (exact) mass is 478 g/mol. The highest BCUT2D eigenvalue weighted by Crippen LogP contribution is 2.45. The number of nitrogens with one attached hydrogen (secondary N) is 2. The van der Waals surface area contributed by atoms with Crippen molar-refractivity contribution in [2.24, 2.45) is 0 Å². The fourth-order valence-corrected chi connectivity index (χ4v) is 3.50. The van der Waals surface area contributed by atoms with Crippen LogP contribution < -0.4 is 15.6 Å². The molecule has 0 radical (unpaired) electrons. The summed E-state index contributed by atoms with van der Waals surface area (Å²) in [5.74, 6) is -2.49. The maximum absolute atomic E-state index is 14.5. The van der Waals surface area contributed by atoms with Crippen LogP contribution in [0.25, 0.3) is 10.9 Å². The third kappa shape index (κ3) is 4.10. The second-order valence-corrected chi connectivity index (χ2v) is 7.26. The summed E-state index contributed by atoms with van der Waals surface area (Å²) in [4.78, 5) is 13.9. The quantitative estimate of drug-likeness (QED) is 0.403. The molecule has 6 nitrogen and oxygen atoms in total. The Kier molecular flexibility index (Phi) is 6.36. The van der Waals surface area contributed by atoms with Gasteiger partial charge in [-0.1, -0.05) is 17.7 Å². The molecule has 0 aliphatic heterocycles. The Labute approximate surface area is 182 Å². The fourth-order valence-electron chi connectivity index (χ4n) is 3.24. The lowest BCUT2D eigenvalue weighted by molar-refractivity contribution is -0.277. The number of hydrogen-bond acceptors (Lipinski definition) is 5. The first-order valence-electron chi connectivity index (χ1n) is 8.94. The molecule has 0 saturated carbocycles. The van der Waals surface area contributed by atoms with Crippen molar-refractivity contribution in [1.29, 1.82) is 0 Å². The molecule has 2 atom stereocenters. The molecule has 3 rings (SSSR count). The van der Waals surface area contributed by atoms with Crippen LogP contribution in [0.2, 0.25) is 5.02 Å². The Morgan fingerprint density at radius 2 is 1.88 bits per heavy atom. The summed E-state index contributed by atoms with van der Waals surface area (Å²) in [6.07, 6.45) is -5.42. The van der Waals surface area contributed by atoms with E-state index in [1.165, 1.54) is 6.07 Å². The topological polar surface area (TPSA) is 94.6 Å². The molecule has 0 amide bonds. The summed E-state index contributed by atoms with van der Waals surface area (Å²) >= 11 is 5.94. The number of rotatable bonds is 6. The summed E-state index contributed by atoms with van der Waals surface area (Å²) in [6, 6.07) is 3.70. The van der Waals surface area contributed by atoms with Gasteiger partial charge in [-0.25, -0.2) is 8.78 Å². The molecule has 0 saturated heterocycles. The zero-order valence-corrected chi connectivity index (χ0v) is 17.0. The van der Waals surface area contributed by atoms with Gasteiger partial charge in [-0.05, 0) is 29.8 Å². The molecule has 0 spiro atoms. The largest absolute Gasteiger partial charge is 0.494 e. The van der Waals surface area contributed by atoms with E-state index in [4.69, 9.17) is 16.3 Å². The van der Waals surface area contributed by atoms with Gasteiger partial charge < -0.3 is 25.3 Å². The summed E-state index contributed by atoms with van der Waals surface area (Å²) in [5.41, 5.74) is -5.37. The van der Waals surface area contributed by atoms with E-state index in [9.17, 15) is 37.0 Å². The average molecular weight is 479 g/mol. The van der Waals surface area contributed by atoms with E-state index in [0.29, 0.717) is 0 Å². The molecule has 3 aromatic rings. The number of H-pyrrole nitrogens is 1. The first-order chi connectivity index (χ1) is 14.9. The van der Waals surface area contributed by atoms with E-state index in [1.54, 1.807) is 0 Å². The molecule has 0 fully saturated rings. The lowest BCUT2D eigenvalue weighted by atomic mass is 9.87. The number of pyridine rings is 1. The van der Waals surface area contributed by atoms with Gasteiger partial charge in [0.05, 0.1) is 30.3 Å². The fraction of sp³-hybridized carbons (Fsp3) is 0.250. The van der Waals surface area contributed by atoms with Gasteiger partial charge in [-0.3, -0.25) is 4.79 Å². The normalized spacial score (nSPS) is 14.8. The number of aromatic nitrogens is 1. The molecule has 12 heteroatoms. The van der Waals surface area contributed by atoms with Crippen LogP contribution in [0.15, 0.2) is 41.2 Å². The number of ether oxygens (including phenoxy) is 1. The van der Waals surface area contributed by atoms with E-state index in [-0.39, 0.29) is 22.3 Å². The summed E-state index contributed by atoms with van der Waals surface area (Å²) in [7, 11) is 1.11. The lowest BCUT2D eigenvalue weighted by Gasteiger charge is -2.38. The van der Waals surface area contributed by atoms with Crippen molar-refractivity contribution in [2.45, 2.75) is 17.8 Å². The Bertz CT molecular complexity index is 1220. The molecule has 0 aliphatic rings. The third-order valence-corrected chi connectivity index (χ3v) is 5.31. The molecule has 0 bridgehead atoms. The lowest BCUT2D eigenvalue weighted by Crippen LogP contribution is -2.55. The van der Waals surface area contributed by atoms with Crippen molar-refractivity contribution in [3.8, 4) is 5.75 Å². The zero-order chi connectivity index (χ0) is 23.8. The summed E-state index contributed by atoms with van der Waals surface area (Å²) in [6.45, 7) is -1.83. The minimum absolute atomic E-state index is 0.0506. The number of hydrogen-bond donors (Lipinski definition) is 4. The van der Waals surface area contributed by atoms with Crippen LogP contribution in [0.5, 0.6) is 5.75 Å². The Hall–Kier alpha value is -2.89. The van der Waals surface area contributed by atoms with Crippen molar-refractivity contribution in [2.75, 3.05) is 19.0 Å². The first kappa shape index (κ1) is 23.8. The van der Waals surface area contributed by atoms with Crippen LogP contribution in [0.1, 0.15) is 11.6 Å². The SMILES string of the molecule is COc1ccc([C@H](Nc2cc(F)cc3[nH]c(=O)ccc23)[C@](O)(CO)C(F)(F)F)c(Cl)c1F. The number of benzene rings is 2. The van der Waals surface area contributed by atoms with Crippen molar-refractivity contribution in [1.82, 2.24) is 4.98 Å². The second kappa shape index (κ2) is 8.57. The average Bonchev–Trinajstić information content (AvgIpc) is 2.72. The van der Waals surface area contributed by atoms with Crippen molar-refractivity contribution in [3.05, 3.63) is 69.0 Å². The molecule has 32 heavy (non-hydrogen) atoms. The number of methoxy groups -OCH3 is 1. The molecular formula is C20H16ClF5N2O4. The highest BCUT2D eigenvalue weighted by Gasteiger charge is 2.59. The van der Waals surface area contributed by atoms with Gasteiger partial charge in [0.2, 0.25) is 11.2 Å². The van der Waals surface area contributed by atoms with Crippen LogP contribution in [-0.2, 0) is 0 Å². The van der Waals surface area contributed by atoms with E-state index in [2.05, 4.69) is 10.3 Å². The molecule has 1 heterocycles. The van der Waals surface area contributed by atoms with Crippen LogP contribution in [0.4, 0.5) is 27.6 Å². The maximum Gasteiger partial charge on any atom is 0.421 e. The minimum atomic E-state index is -5.42. The Morgan fingerprint density at radius 1 is 1.19 bits per heavy atom. The second-order valence-electron chi connectivity index (χ2n) is 6.88. The molecule has 2 aromatic carbocycles. The molecule has 172 valence electrons. The van der Waals surface area contributed by atoms with E-state index < -0.39 is 52.2 Å². The maximum atomic E-state index is 14.5. The molecular weight excluding hydrogens is 463 g/mol. The van der Waals surface area contributed by atoms with Gasteiger partial charge in [-0.15, -0.1) is 0 Å². The van der Waals surface area contributed by atoms with Gasteiger partial charge in [0.15, 0.2) is 11.6 Å². The van der Waals surface area contributed by atoms with E-state index in [1.807, 2.05) is 0 Å². The van der Waals surface area contributed by atoms with E-state index in [0.717, 1.165) is 37.4 Å². The van der Waals surface area contributed by atoms with Gasteiger partial charge in [0, 0.05) is 17.1 Å². The number of fused-ring (bicyclic) bond motifs is 1. The van der Waals surface area contributed by atoms with Crippen LogP contribution >= 0.6 is 11.6 Å². The molecule has 0 unspecified atom stereocenters. The van der Waals surface area contributed by atoms with Crippen molar-refractivity contribution in [3.63, 3.8) is 0 Å². The van der Waals surface area contributed by atoms with Gasteiger partial charge in [-0.2, -0.15) is 13.2 Å². The van der Waals surface area contributed by atoms with E-state index >= 15 is 0 Å². The van der Waals surface area contributed by atoms with Gasteiger partial charge in [0.25, 0.3) is 0 Å². The standard InChI is InChI=1S/C20H16ClF5N2O4/c1-32-14-4-2-11(16(21)17(14)23)18(19(31,8-29)20(24,25)26)28-13-7-9(22)6-12-10(13)3-5-15(30)27-12/h2-7,18,28-29,31H,8H2,1H3,(H,27,30)/t18-,19+/m0/s1. The number of halogens is 6. The number of alkyl halides is 3. The Morgan fingerprint density at radius 3 is 2.47 bits per heavy atom. The Balaban J connectivity index is 2.27. The van der Waals surface area contributed by atoms with Crippen LogP contribution in [0, 0.1) is 11.6 Å². The smallest absolute Gasteiger partial charge is 0.421 e. The van der Waals surface area contributed by atoms with Crippen molar-refractivity contribution < 1.29 is 36.9 Å². The third-order valence-electron chi connectivity index (χ3n) is 4.92. The minimum Gasteiger partial charge on any atom is -0.494 e. The number of aliphatic hydroxyl groups excluding tert-OH is 1. The highest BCUT2D eigenvalue weighted by molar-refractivity contribution is 6.31. The zero-order valence-electron chi connectivity index (χ0n) is 16.2. The predicted octanol–water partition coefficient (Wildman–Crippen LogP) is 3.91. The predicted molar refractivity (Wildman–Crippen MR) is 107 cm³/mol. The van der Waals surface area contributed by atoms with Gasteiger partial charge in [0.1, 0.15) is 5.82 Å². The van der Waals surface area contributed by atoms with Gasteiger partial charge >= 0.3 is 6.18 Å². The summed E-state index contributed by atoms with van der Waals surface area (Å²) < 4.78 is 74.9. The highest BCUT2D eigenvalue weighted by atomic mass is 35.5. The van der Waals surface area contributed by atoms with Crippen LogP contribution in [0.3, 0.4) is 0 Å². The first-order valence-corrected chi connectivity index (χ1v) is 9.31.